The number of amides is 1. The van der Waals surface area contributed by atoms with Crippen molar-refractivity contribution in [3.05, 3.63) is 33.8 Å². The molecule has 6 heteroatoms. The molecular formula is C15H19Cl2NO3. The summed E-state index contributed by atoms with van der Waals surface area (Å²) in [7, 11) is 0. The molecule has 1 rings (SSSR count). The van der Waals surface area contributed by atoms with E-state index in [4.69, 9.17) is 27.9 Å². The number of alkyl carbamates (subject to hydrolysis) is 1. The van der Waals surface area contributed by atoms with E-state index >= 15 is 0 Å². The van der Waals surface area contributed by atoms with Crippen molar-refractivity contribution in [3.63, 3.8) is 0 Å². The molecule has 0 saturated heterocycles. The van der Waals surface area contributed by atoms with E-state index in [-0.39, 0.29) is 12.2 Å². The van der Waals surface area contributed by atoms with Gasteiger partial charge in [-0.05, 0) is 45.4 Å². The van der Waals surface area contributed by atoms with Crippen molar-refractivity contribution in [1.82, 2.24) is 5.32 Å². The molecule has 1 atom stereocenters. The number of rotatable bonds is 4. The van der Waals surface area contributed by atoms with Gasteiger partial charge < -0.3 is 10.1 Å². The molecule has 0 aliphatic heterocycles. The summed E-state index contributed by atoms with van der Waals surface area (Å²) in [4.78, 5) is 23.7. The van der Waals surface area contributed by atoms with Crippen molar-refractivity contribution in [3.8, 4) is 0 Å². The quantitative estimate of drug-likeness (QED) is 0.906. The number of carbonyl (C=O) groups is 2. The Morgan fingerprint density at radius 3 is 2.38 bits per heavy atom. The minimum Gasteiger partial charge on any atom is -0.444 e. The van der Waals surface area contributed by atoms with Gasteiger partial charge in [-0.1, -0.05) is 29.3 Å². The van der Waals surface area contributed by atoms with Crippen LogP contribution in [0.2, 0.25) is 10.0 Å². The van der Waals surface area contributed by atoms with Crippen LogP contribution in [0.4, 0.5) is 4.79 Å². The standard InChI is InChI=1S/C15H19Cl2NO3/c1-9(18-14(20)21-15(2,3)4)13(19)8-10-5-6-11(16)12(17)7-10/h5-7,9H,8H2,1-4H3,(H,18,20)/t9-/m0/s1. The second-order valence-electron chi connectivity index (χ2n) is 5.76. The highest BCUT2D eigenvalue weighted by Crippen LogP contribution is 2.23. The number of benzene rings is 1. The Labute approximate surface area is 134 Å². The second-order valence-corrected chi connectivity index (χ2v) is 6.57. The van der Waals surface area contributed by atoms with E-state index in [9.17, 15) is 9.59 Å². The van der Waals surface area contributed by atoms with Gasteiger partial charge in [0, 0.05) is 6.42 Å². The van der Waals surface area contributed by atoms with Crippen LogP contribution < -0.4 is 5.32 Å². The van der Waals surface area contributed by atoms with E-state index in [0.29, 0.717) is 10.0 Å². The normalized spacial score (nSPS) is 12.7. The Balaban J connectivity index is 2.58. The summed E-state index contributed by atoms with van der Waals surface area (Å²) in [5.74, 6) is -0.140. The first kappa shape index (κ1) is 17.8. The molecule has 1 amide bonds. The zero-order valence-electron chi connectivity index (χ0n) is 12.5. The van der Waals surface area contributed by atoms with Crippen molar-refractivity contribution >= 4 is 35.1 Å². The molecular weight excluding hydrogens is 313 g/mol. The number of ether oxygens (including phenoxy) is 1. The molecule has 0 aliphatic rings. The fourth-order valence-electron chi connectivity index (χ4n) is 1.57. The number of hydrogen-bond acceptors (Lipinski definition) is 3. The van der Waals surface area contributed by atoms with Crippen molar-refractivity contribution in [2.45, 2.75) is 45.8 Å². The van der Waals surface area contributed by atoms with Gasteiger partial charge >= 0.3 is 6.09 Å². The Hall–Kier alpha value is -1.26. The van der Waals surface area contributed by atoms with Crippen LogP contribution in [-0.2, 0) is 16.0 Å². The van der Waals surface area contributed by atoms with Gasteiger partial charge in [0.15, 0.2) is 5.78 Å². The Bertz CT molecular complexity index is 538. The van der Waals surface area contributed by atoms with Crippen LogP contribution in [0.1, 0.15) is 33.3 Å². The summed E-state index contributed by atoms with van der Waals surface area (Å²) in [6, 6.07) is 4.36. The highest BCUT2D eigenvalue weighted by molar-refractivity contribution is 6.42. The lowest BCUT2D eigenvalue weighted by Gasteiger charge is -2.21. The van der Waals surface area contributed by atoms with Crippen LogP contribution in [0.25, 0.3) is 0 Å². The summed E-state index contributed by atoms with van der Waals surface area (Å²) in [5.41, 5.74) is 0.142. The lowest BCUT2D eigenvalue weighted by atomic mass is 10.1. The minimum atomic E-state index is -0.644. The molecule has 0 radical (unpaired) electrons. The lowest BCUT2D eigenvalue weighted by Crippen LogP contribution is -2.42. The van der Waals surface area contributed by atoms with Gasteiger partial charge in [-0.3, -0.25) is 4.79 Å². The predicted molar refractivity (Wildman–Crippen MR) is 84.0 cm³/mol. The Morgan fingerprint density at radius 2 is 1.86 bits per heavy atom. The van der Waals surface area contributed by atoms with Crippen molar-refractivity contribution < 1.29 is 14.3 Å². The van der Waals surface area contributed by atoms with Gasteiger partial charge in [-0.15, -0.1) is 0 Å². The fraction of sp³-hybridized carbons (Fsp3) is 0.467. The summed E-state index contributed by atoms with van der Waals surface area (Å²) >= 11 is 11.7. The molecule has 0 spiro atoms. The molecule has 4 nitrogen and oxygen atoms in total. The van der Waals surface area contributed by atoms with Crippen molar-refractivity contribution in [1.29, 1.82) is 0 Å². The van der Waals surface area contributed by atoms with E-state index < -0.39 is 17.7 Å². The molecule has 1 aromatic rings. The van der Waals surface area contributed by atoms with E-state index in [1.165, 1.54) is 0 Å². The molecule has 0 aromatic heterocycles. The first-order chi connectivity index (χ1) is 9.58. The zero-order chi connectivity index (χ0) is 16.2. The average molecular weight is 332 g/mol. The van der Waals surface area contributed by atoms with Crippen molar-refractivity contribution in [2.75, 3.05) is 0 Å². The lowest BCUT2D eigenvalue weighted by molar-refractivity contribution is -0.120. The number of halogens is 2. The smallest absolute Gasteiger partial charge is 0.408 e. The van der Waals surface area contributed by atoms with Gasteiger partial charge in [0.1, 0.15) is 5.60 Å². The number of Topliss-reactive ketones (excluding diaryl/α,β-unsaturated/α-hetero) is 1. The molecule has 0 fully saturated rings. The highest BCUT2D eigenvalue weighted by Gasteiger charge is 2.21. The Morgan fingerprint density at radius 1 is 1.24 bits per heavy atom. The molecule has 116 valence electrons. The molecule has 0 saturated carbocycles. The maximum Gasteiger partial charge on any atom is 0.408 e. The van der Waals surface area contributed by atoms with Crippen LogP contribution in [0.3, 0.4) is 0 Å². The van der Waals surface area contributed by atoms with Gasteiger partial charge in [-0.2, -0.15) is 0 Å². The summed E-state index contributed by atoms with van der Waals surface area (Å²) in [6.45, 7) is 6.89. The third-order valence-corrected chi connectivity index (χ3v) is 3.32. The van der Waals surface area contributed by atoms with Crippen molar-refractivity contribution in [2.24, 2.45) is 0 Å². The summed E-state index contributed by atoms with van der Waals surface area (Å²) < 4.78 is 5.10. The molecule has 1 aromatic carbocycles. The summed E-state index contributed by atoms with van der Waals surface area (Å²) in [6.07, 6.45) is -0.453. The maximum absolute atomic E-state index is 12.1. The van der Waals surface area contributed by atoms with Gasteiger partial charge in [-0.25, -0.2) is 4.79 Å². The SMILES string of the molecule is C[C@H](NC(=O)OC(C)(C)C)C(=O)Cc1ccc(Cl)c(Cl)c1. The van der Waals surface area contributed by atoms with E-state index in [1.807, 2.05) is 0 Å². The molecule has 0 aliphatic carbocycles. The van der Waals surface area contributed by atoms with Gasteiger partial charge in [0.2, 0.25) is 0 Å². The van der Waals surface area contributed by atoms with Crippen LogP contribution in [0, 0.1) is 0 Å². The second kappa shape index (κ2) is 7.14. The highest BCUT2D eigenvalue weighted by atomic mass is 35.5. The summed E-state index contributed by atoms with van der Waals surface area (Å²) in [5, 5.41) is 3.35. The number of hydrogen-bond donors (Lipinski definition) is 1. The fourth-order valence-corrected chi connectivity index (χ4v) is 1.89. The predicted octanol–water partition coefficient (Wildman–Crippen LogP) is 4.02. The first-order valence-electron chi connectivity index (χ1n) is 6.54. The monoisotopic (exact) mass is 331 g/mol. The molecule has 1 N–H and O–H groups in total. The van der Waals surface area contributed by atoms with Crippen LogP contribution in [0.5, 0.6) is 0 Å². The number of nitrogens with one attached hydrogen (secondary N) is 1. The first-order valence-corrected chi connectivity index (χ1v) is 7.30. The van der Waals surface area contributed by atoms with E-state index in [0.717, 1.165) is 5.56 Å². The van der Waals surface area contributed by atoms with E-state index in [1.54, 1.807) is 45.9 Å². The largest absolute Gasteiger partial charge is 0.444 e. The van der Waals surface area contributed by atoms with Gasteiger partial charge in [0.05, 0.1) is 16.1 Å². The number of ketones is 1. The average Bonchev–Trinajstić information content (AvgIpc) is 2.31. The molecule has 0 unspecified atom stereocenters. The number of carbonyl (C=O) groups excluding carboxylic acids is 2. The van der Waals surface area contributed by atoms with Gasteiger partial charge in [0.25, 0.3) is 0 Å². The Kier molecular flexibility index (Phi) is 6.05. The van der Waals surface area contributed by atoms with Crippen LogP contribution in [0.15, 0.2) is 18.2 Å². The topological polar surface area (TPSA) is 55.4 Å². The molecule has 21 heavy (non-hydrogen) atoms. The molecule has 0 bridgehead atoms. The minimum absolute atomic E-state index is 0.140. The van der Waals surface area contributed by atoms with E-state index in [2.05, 4.69) is 5.32 Å². The third-order valence-electron chi connectivity index (χ3n) is 2.58. The van der Waals surface area contributed by atoms with Crippen LogP contribution >= 0.6 is 23.2 Å². The maximum atomic E-state index is 12.1. The zero-order valence-corrected chi connectivity index (χ0v) is 14.0. The van der Waals surface area contributed by atoms with Crippen LogP contribution in [-0.4, -0.2) is 23.5 Å². The third kappa shape index (κ3) is 6.36. The molecule has 0 heterocycles.